The second-order valence-corrected chi connectivity index (χ2v) is 2.42. The van der Waals surface area contributed by atoms with E-state index in [1.807, 2.05) is 6.07 Å². The molecule has 0 aliphatic heterocycles. The van der Waals surface area contributed by atoms with E-state index in [2.05, 4.69) is 5.43 Å². The Bertz CT molecular complexity index is 306. The molecule has 0 spiro atoms. The number of anilines is 1. The molecule has 0 aliphatic rings. The highest BCUT2D eigenvalue weighted by atomic mass is 35.5. The van der Waals surface area contributed by atoms with Crippen LogP contribution >= 0.6 is 24.0 Å². The molecule has 3 nitrogen and oxygen atoms in total. The summed E-state index contributed by atoms with van der Waals surface area (Å²) in [5, 5.41) is 9.00. The molecule has 1 aromatic carbocycles. The first-order chi connectivity index (χ1) is 5.26. The minimum absolute atomic E-state index is 0. The Morgan fingerprint density at radius 3 is 2.58 bits per heavy atom. The van der Waals surface area contributed by atoms with Gasteiger partial charge in [0.2, 0.25) is 0 Å². The molecule has 64 valence electrons. The minimum atomic E-state index is 0. The standard InChI is InChI=1S/C7H6ClN3.ClH/c8-6-1-5(4-9)2-7(3-6)11-10;/h1-3,11H,10H2;1H. The van der Waals surface area contributed by atoms with Crippen molar-refractivity contribution in [3.8, 4) is 6.07 Å². The van der Waals surface area contributed by atoms with E-state index in [0.29, 0.717) is 16.3 Å². The van der Waals surface area contributed by atoms with Crippen LogP contribution in [0.25, 0.3) is 0 Å². The summed E-state index contributed by atoms with van der Waals surface area (Å²) in [7, 11) is 0. The van der Waals surface area contributed by atoms with Gasteiger partial charge in [0.1, 0.15) is 0 Å². The Hall–Kier alpha value is -0.950. The number of rotatable bonds is 1. The number of hydrogen-bond acceptors (Lipinski definition) is 3. The van der Waals surface area contributed by atoms with Crippen molar-refractivity contribution in [3.63, 3.8) is 0 Å². The lowest BCUT2D eigenvalue weighted by Crippen LogP contribution is -2.06. The van der Waals surface area contributed by atoms with Crippen molar-refractivity contribution < 1.29 is 0 Å². The highest BCUT2D eigenvalue weighted by molar-refractivity contribution is 6.31. The fourth-order valence-corrected chi connectivity index (χ4v) is 0.973. The van der Waals surface area contributed by atoms with Crippen LogP contribution in [0.3, 0.4) is 0 Å². The predicted molar refractivity (Wildman–Crippen MR) is 51.2 cm³/mol. The molecule has 1 rings (SSSR count). The highest BCUT2D eigenvalue weighted by Gasteiger charge is 1.96. The molecular weight excluding hydrogens is 197 g/mol. The van der Waals surface area contributed by atoms with Crippen LogP contribution in [0, 0.1) is 11.3 Å². The van der Waals surface area contributed by atoms with Crippen LogP contribution in [0.1, 0.15) is 5.56 Å². The van der Waals surface area contributed by atoms with E-state index in [4.69, 9.17) is 22.7 Å². The predicted octanol–water partition coefficient (Wildman–Crippen LogP) is 1.92. The zero-order valence-electron chi connectivity index (χ0n) is 6.04. The molecule has 0 fully saturated rings. The number of halogens is 2. The van der Waals surface area contributed by atoms with E-state index in [-0.39, 0.29) is 12.4 Å². The van der Waals surface area contributed by atoms with Gasteiger partial charge < -0.3 is 5.43 Å². The number of nitrogens with one attached hydrogen (secondary N) is 1. The molecule has 0 bridgehead atoms. The summed E-state index contributed by atoms with van der Waals surface area (Å²) in [6, 6.07) is 6.79. The summed E-state index contributed by atoms with van der Waals surface area (Å²) in [5.41, 5.74) is 3.53. The molecule has 0 amide bonds. The van der Waals surface area contributed by atoms with Crippen LogP contribution < -0.4 is 11.3 Å². The molecule has 0 saturated carbocycles. The van der Waals surface area contributed by atoms with Crippen LogP contribution in [0.15, 0.2) is 18.2 Å². The summed E-state index contributed by atoms with van der Waals surface area (Å²) in [4.78, 5) is 0. The maximum Gasteiger partial charge on any atom is 0.0992 e. The van der Waals surface area contributed by atoms with Gasteiger partial charge in [-0.1, -0.05) is 11.6 Å². The third kappa shape index (κ3) is 2.59. The van der Waals surface area contributed by atoms with Gasteiger partial charge in [0.05, 0.1) is 17.3 Å². The van der Waals surface area contributed by atoms with Gasteiger partial charge in [-0.25, -0.2) is 0 Å². The number of benzene rings is 1. The van der Waals surface area contributed by atoms with Crippen molar-refractivity contribution in [1.29, 1.82) is 5.26 Å². The molecule has 0 radical (unpaired) electrons. The van der Waals surface area contributed by atoms with Gasteiger partial charge in [-0.2, -0.15) is 5.26 Å². The van der Waals surface area contributed by atoms with Crippen LogP contribution in [-0.4, -0.2) is 0 Å². The summed E-state index contributed by atoms with van der Waals surface area (Å²) in [5.74, 6) is 5.12. The first kappa shape index (κ1) is 11.1. The van der Waals surface area contributed by atoms with Crippen molar-refractivity contribution >= 4 is 29.7 Å². The largest absolute Gasteiger partial charge is 0.324 e. The smallest absolute Gasteiger partial charge is 0.0992 e. The minimum Gasteiger partial charge on any atom is -0.324 e. The zero-order chi connectivity index (χ0) is 8.27. The summed E-state index contributed by atoms with van der Waals surface area (Å²) < 4.78 is 0. The molecule has 0 heterocycles. The van der Waals surface area contributed by atoms with Gasteiger partial charge in [-0.3, -0.25) is 5.84 Å². The Morgan fingerprint density at radius 1 is 1.42 bits per heavy atom. The van der Waals surface area contributed by atoms with E-state index >= 15 is 0 Å². The van der Waals surface area contributed by atoms with E-state index in [0.717, 1.165) is 0 Å². The van der Waals surface area contributed by atoms with E-state index in [1.54, 1.807) is 18.2 Å². The average molecular weight is 204 g/mol. The second-order valence-electron chi connectivity index (χ2n) is 1.98. The zero-order valence-corrected chi connectivity index (χ0v) is 7.62. The molecule has 0 aliphatic carbocycles. The Kier molecular flexibility index (Phi) is 4.45. The van der Waals surface area contributed by atoms with Gasteiger partial charge in [0.25, 0.3) is 0 Å². The van der Waals surface area contributed by atoms with Crippen molar-refractivity contribution in [2.75, 3.05) is 5.43 Å². The van der Waals surface area contributed by atoms with Crippen LogP contribution in [0.4, 0.5) is 5.69 Å². The lowest BCUT2D eigenvalue weighted by atomic mass is 10.2. The van der Waals surface area contributed by atoms with Gasteiger partial charge in [0, 0.05) is 5.02 Å². The topological polar surface area (TPSA) is 61.8 Å². The second kappa shape index (κ2) is 4.83. The lowest BCUT2D eigenvalue weighted by molar-refractivity contribution is 1.34. The number of nitriles is 1. The van der Waals surface area contributed by atoms with Crippen LogP contribution in [0.5, 0.6) is 0 Å². The first-order valence-electron chi connectivity index (χ1n) is 2.93. The summed E-state index contributed by atoms with van der Waals surface area (Å²) in [6.07, 6.45) is 0. The molecule has 12 heavy (non-hydrogen) atoms. The number of nitrogens with zero attached hydrogens (tertiary/aromatic N) is 1. The molecule has 0 unspecified atom stereocenters. The molecule has 0 atom stereocenters. The average Bonchev–Trinajstić information content (AvgIpc) is 2.03. The van der Waals surface area contributed by atoms with Crippen LogP contribution in [-0.2, 0) is 0 Å². The fraction of sp³-hybridized carbons (Fsp3) is 0. The number of nitrogen functional groups attached to an aromatic ring is 1. The van der Waals surface area contributed by atoms with Crippen molar-refractivity contribution in [1.82, 2.24) is 0 Å². The maximum atomic E-state index is 8.50. The first-order valence-corrected chi connectivity index (χ1v) is 3.31. The molecule has 1 aromatic rings. The highest BCUT2D eigenvalue weighted by Crippen LogP contribution is 2.17. The van der Waals surface area contributed by atoms with Gasteiger partial charge in [-0.15, -0.1) is 12.4 Å². The molecule has 3 N–H and O–H groups in total. The van der Waals surface area contributed by atoms with Gasteiger partial charge >= 0.3 is 0 Å². The number of nitrogens with two attached hydrogens (primary N) is 1. The maximum absolute atomic E-state index is 8.50. The summed E-state index contributed by atoms with van der Waals surface area (Å²) >= 11 is 5.66. The SMILES string of the molecule is Cl.N#Cc1cc(Cl)cc(NN)c1. The van der Waals surface area contributed by atoms with Crippen LogP contribution in [0.2, 0.25) is 5.02 Å². The fourth-order valence-electron chi connectivity index (χ4n) is 0.738. The van der Waals surface area contributed by atoms with Crippen molar-refractivity contribution in [3.05, 3.63) is 28.8 Å². The van der Waals surface area contributed by atoms with Gasteiger partial charge in [0.15, 0.2) is 0 Å². The molecular formula is C7H7Cl2N3. The van der Waals surface area contributed by atoms with E-state index in [1.165, 1.54) is 0 Å². The number of hydrazine groups is 1. The van der Waals surface area contributed by atoms with Crippen molar-refractivity contribution in [2.24, 2.45) is 5.84 Å². The third-order valence-electron chi connectivity index (χ3n) is 1.19. The lowest BCUT2D eigenvalue weighted by Gasteiger charge is -1.99. The Morgan fingerprint density at radius 2 is 2.08 bits per heavy atom. The molecule has 5 heteroatoms. The van der Waals surface area contributed by atoms with E-state index < -0.39 is 0 Å². The monoisotopic (exact) mass is 203 g/mol. The van der Waals surface area contributed by atoms with Crippen molar-refractivity contribution in [2.45, 2.75) is 0 Å². The molecule has 0 saturated heterocycles. The third-order valence-corrected chi connectivity index (χ3v) is 1.41. The Labute approximate surface area is 81.5 Å². The van der Waals surface area contributed by atoms with Gasteiger partial charge in [-0.05, 0) is 18.2 Å². The number of hydrogen-bond donors (Lipinski definition) is 2. The quantitative estimate of drug-likeness (QED) is 0.542. The Balaban J connectivity index is 0.00000121. The van der Waals surface area contributed by atoms with E-state index in [9.17, 15) is 0 Å². The normalized spacial score (nSPS) is 8.08. The molecule has 0 aromatic heterocycles. The summed E-state index contributed by atoms with van der Waals surface area (Å²) in [6.45, 7) is 0.